The van der Waals surface area contributed by atoms with Crippen molar-refractivity contribution in [2.24, 2.45) is 5.92 Å². The molecule has 0 radical (unpaired) electrons. The van der Waals surface area contributed by atoms with Crippen molar-refractivity contribution in [2.75, 3.05) is 7.11 Å². The van der Waals surface area contributed by atoms with Gasteiger partial charge in [-0.3, -0.25) is 9.59 Å². The Hall–Kier alpha value is -2.04. The molecule has 2 unspecified atom stereocenters. The van der Waals surface area contributed by atoms with Crippen molar-refractivity contribution >= 4 is 11.9 Å². The van der Waals surface area contributed by atoms with Crippen molar-refractivity contribution in [3.63, 3.8) is 0 Å². The number of hydrogen-bond acceptors (Lipinski definition) is 4. The highest BCUT2D eigenvalue weighted by Crippen LogP contribution is 2.16. The van der Waals surface area contributed by atoms with Crippen LogP contribution in [0.4, 0.5) is 0 Å². The summed E-state index contributed by atoms with van der Waals surface area (Å²) in [4.78, 5) is 23.1. The monoisotopic (exact) mass is 280 g/mol. The molecule has 0 fully saturated rings. The highest BCUT2D eigenvalue weighted by atomic mass is 16.5. The molecule has 0 spiro atoms. The van der Waals surface area contributed by atoms with Crippen LogP contribution in [-0.2, 0) is 20.7 Å². The summed E-state index contributed by atoms with van der Waals surface area (Å²) in [7, 11) is 1.55. The third-order valence-corrected chi connectivity index (χ3v) is 3.07. The van der Waals surface area contributed by atoms with Crippen molar-refractivity contribution in [3.8, 4) is 5.75 Å². The molecule has 1 aromatic carbocycles. The minimum atomic E-state index is -1.18. The molecule has 0 aliphatic rings. The molecule has 0 amide bonds. The number of carboxylic acid groups (broad SMARTS) is 1. The molecule has 5 nitrogen and oxygen atoms in total. The summed E-state index contributed by atoms with van der Waals surface area (Å²) in [5.41, 5.74) is 0.749. The van der Waals surface area contributed by atoms with Gasteiger partial charge in [-0.25, -0.2) is 0 Å². The van der Waals surface area contributed by atoms with Crippen molar-refractivity contribution in [3.05, 3.63) is 29.8 Å². The number of benzene rings is 1. The molecule has 0 bridgehead atoms. The van der Waals surface area contributed by atoms with E-state index in [2.05, 4.69) is 0 Å². The summed E-state index contributed by atoms with van der Waals surface area (Å²) in [5, 5.41) is 9.17. The molecular formula is C15H20O5. The average molecular weight is 280 g/mol. The van der Waals surface area contributed by atoms with E-state index in [1.807, 2.05) is 6.92 Å². The maximum atomic E-state index is 11.9. The van der Waals surface area contributed by atoms with Gasteiger partial charge in [0.25, 0.3) is 0 Å². The Balaban J connectivity index is 2.75. The number of hydrogen-bond donors (Lipinski definition) is 1. The second kappa shape index (κ2) is 7.53. The van der Waals surface area contributed by atoms with Crippen molar-refractivity contribution in [2.45, 2.75) is 32.8 Å². The first-order valence-electron chi connectivity index (χ1n) is 6.54. The first kappa shape index (κ1) is 16.0. The maximum Gasteiger partial charge on any atom is 0.320 e. The van der Waals surface area contributed by atoms with E-state index < -0.39 is 17.9 Å². The SMILES string of the molecule is CCC(C)OC(=O)C(Cc1ccc(OC)cc1)C(=O)O. The predicted molar refractivity (Wildman–Crippen MR) is 73.7 cm³/mol. The summed E-state index contributed by atoms with van der Waals surface area (Å²) in [6, 6.07) is 6.94. The van der Waals surface area contributed by atoms with E-state index in [0.29, 0.717) is 12.2 Å². The molecule has 1 rings (SSSR count). The van der Waals surface area contributed by atoms with E-state index in [1.54, 1.807) is 38.3 Å². The second-order valence-electron chi connectivity index (χ2n) is 4.60. The van der Waals surface area contributed by atoms with Gasteiger partial charge in [-0.05, 0) is 37.5 Å². The van der Waals surface area contributed by atoms with Gasteiger partial charge in [0, 0.05) is 0 Å². The summed E-state index contributed by atoms with van der Waals surface area (Å²) < 4.78 is 10.1. The van der Waals surface area contributed by atoms with Gasteiger partial charge in [0.2, 0.25) is 0 Å². The lowest BCUT2D eigenvalue weighted by molar-refractivity contribution is -0.161. The van der Waals surface area contributed by atoms with Crippen LogP contribution in [0.15, 0.2) is 24.3 Å². The van der Waals surface area contributed by atoms with Gasteiger partial charge in [0.1, 0.15) is 5.75 Å². The Bertz CT molecular complexity index is 452. The van der Waals surface area contributed by atoms with Gasteiger partial charge in [-0.2, -0.15) is 0 Å². The van der Waals surface area contributed by atoms with Gasteiger partial charge >= 0.3 is 11.9 Å². The number of carbonyl (C=O) groups is 2. The zero-order chi connectivity index (χ0) is 15.1. The molecule has 110 valence electrons. The lowest BCUT2D eigenvalue weighted by atomic mass is 9.99. The van der Waals surface area contributed by atoms with Crippen molar-refractivity contribution in [1.82, 2.24) is 0 Å². The zero-order valence-electron chi connectivity index (χ0n) is 12.0. The first-order valence-corrected chi connectivity index (χ1v) is 6.54. The van der Waals surface area contributed by atoms with Crippen LogP contribution < -0.4 is 4.74 Å². The lowest BCUT2D eigenvalue weighted by Gasteiger charge is -2.16. The summed E-state index contributed by atoms with van der Waals surface area (Å²) in [6.07, 6.45) is 0.482. The van der Waals surface area contributed by atoms with Gasteiger partial charge in [0.15, 0.2) is 5.92 Å². The Morgan fingerprint density at radius 2 is 1.85 bits per heavy atom. The van der Waals surface area contributed by atoms with E-state index in [4.69, 9.17) is 14.6 Å². The smallest absolute Gasteiger partial charge is 0.320 e. The van der Waals surface area contributed by atoms with Crippen LogP contribution in [0, 0.1) is 5.92 Å². The normalized spacial score (nSPS) is 13.3. The van der Waals surface area contributed by atoms with Crippen LogP contribution in [0.25, 0.3) is 0 Å². The standard InChI is InChI=1S/C15H20O5/c1-4-10(2)20-15(18)13(14(16)17)9-11-5-7-12(19-3)8-6-11/h5-8,10,13H,4,9H2,1-3H3,(H,16,17). The third kappa shape index (κ3) is 4.57. The number of rotatable bonds is 7. The van der Waals surface area contributed by atoms with E-state index in [1.165, 1.54) is 0 Å². The molecule has 0 aromatic heterocycles. The summed E-state index contributed by atoms with van der Waals surface area (Å²) in [5.74, 6) is -2.36. The number of ether oxygens (including phenoxy) is 2. The number of esters is 1. The van der Waals surface area contributed by atoms with Crippen LogP contribution in [0.1, 0.15) is 25.8 Å². The van der Waals surface area contributed by atoms with Gasteiger partial charge in [-0.15, -0.1) is 0 Å². The molecule has 0 saturated heterocycles. The fraction of sp³-hybridized carbons (Fsp3) is 0.467. The fourth-order valence-corrected chi connectivity index (χ4v) is 1.63. The Morgan fingerprint density at radius 1 is 1.25 bits per heavy atom. The lowest BCUT2D eigenvalue weighted by Crippen LogP contribution is -2.30. The molecular weight excluding hydrogens is 260 g/mol. The van der Waals surface area contributed by atoms with Crippen LogP contribution in [0.2, 0.25) is 0 Å². The molecule has 0 saturated carbocycles. The molecule has 0 aliphatic heterocycles. The Kier molecular flexibility index (Phi) is 6.03. The molecule has 2 atom stereocenters. The van der Waals surface area contributed by atoms with Crippen molar-refractivity contribution in [1.29, 1.82) is 0 Å². The van der Waals surface area contributed by atoms with E-state index >= 15 is 0 Å². The van der Waals surface area contributed by atoms with Crippen molar-refractivity contribution < 1.29 is 24.2 Å². The Labute approximate surface area is 118 Å². The maximum absolute atomic E-state index is 11.9. The molecule has 1 N–H and O–H groups in total. The second-order valence-corrected chi connectivity index (χ2v) is 4.60. The van der Waals surface area contributed by atoms with Gasteiger partial charge in [-0.1, -0.05) is 19.1 Å². The van der Waals surface area contributed by atoms with E-state index in [9.17, 15) is 9.59 Å². The molecule has 0 aliphatic carbocycles. The number of aliphatic carboxylic acids is 1. The van der Waals surface area contributed by atoms with Gasteiger partial charge in [0.05, 0.1) is 13.2 Å². The molecule has 20 heavy (non-hydrogen) atoms. The summed E-state index contributed by atoms with van der Waals surface area (Å²) in [6.45, 7) is 3.61. The highest BCUT2D eigenvalue weighted by Gasteiger charge is 2.29. The van der Waals surface area contributed by atoms with Crippen LogP contribution >= 0.6 is 0 Å². The highest BCUT2D eigenvalue weighted by molar-refractivity contribution is 5.94. The van der Waals surface area contributed by atoms with E-state index in [-0.39, 0.29) is 12.5 Å². The van der Waals surface area contributed by atoms with Crippen LogP contribution in [0.3, 0.4) is 0 Å². The molecule has 1 aromatic rings. The van der Waals surface area contributed by atoms with Gasteiger partial charge < -0.3 is 14.6 Å². The predicted octanol–water partition coefficient (Wildman–Crippen LogP) is 2.28. The molecule has 5 heteroatoms. The molecule has 0 heterocycles. The number of methoxy groups -OCH3 is 1. The zero-order valence-corrected chi connectivity index (χ0v) is 12.0. The third-order valence-electron chi connectivity index (χ3n) is 3.07. The van der Waals surface area contributed by atoms with Crippen LogP contribution in [-0.4, -0.2) is 30.3 Å². The summed E-state index contributed by atoms with van der Waals surface area (Å²) >= 11 is 0. The minimum absolute atomic E-state index is 0.106. The average Bonchev–Trinajstić information content (AvgIpc) is 2.44. The van der Waals surface area contributed by atoms with E-state index in [0.717, 1.165) is 5.56 Å². The number of carboxylic acids is 1. The van der Waals surface area contributed by atoms with Crippen LogP contribution in [0.5, 0.6) is 5.75 Å². The minimum Gasteiger partial charge on any atom is -0.497 e. The Morgan fingerprint density at radius 3 is 2.30 bits per heavy atom. The quantitative estimate of drug-likeness (QED) is 0.612. The first-order chi connectivity index (χ1) is 9.47. The topological polar surface area (TPSA) is 72.8 Å². The fourth-order valence-electron chi connectivity index (χ4n) is 1.63. The number of carbonyl (C=O) groups excluding carboxylic acids is 1. The largest absolute Gasteiger partial charge is 0.497 e.